The van der Waals surface area contributed by atoms with Gasteiger partial charge in [0.2, 0.25) is 5.91 Å². The number of carboxylic acid groups (broad SMARTS) is 1. The van der Waals surface area contributed by atoms with Crippen molar-refractivity contribution in [1.82, 2.24) is 5.32 Å². The van der Waals surface area contributed by atoms with Crippen molar-refractivity contribution in [3.8, 4) is 0 Å². The zero-order valence-electron chi connectivity index (χ0n) is 10.6. The maximum Gasteiger partial charge on any atom is 0.326 e. The first-order valence-corrected chi connectivity index (χ1v) is 7.11. The number of amides is 1. The third kappa shape index (κ3) is 5.93. The van der Waals surface area contributed by atoms with Crippen LogP contribution < -0.4 is 11.1 Å². The van der Waals surface area contributed by atoms with Gasteiger partial charge in [-0.15, -0.1) is 0 Å². The zero-order valence-corrected chi connectivity index (χ0v) is 11.4. The predicted octanol–water partition coefficient (Wildman–Crippen LogP) is 0.682. The molecule has 0 aromatic rings. The molecule has 0 saturated heterocycles. The van der Waals surface area contributed by atoms with Gasteiger partial charge in [-0.3, -0.25) is 4.79 Å². The smallest absolute Gasteiger partial charge is 0.326 e. The summed E-state index contributed by atoms with van der Waals surface area (Å²) in [5.74, 6) is -0.655. The molecule has 0 aliphatic rings. The molecule has 4 N–H and O–H groups in total. The van der Waals surface area contributed by atoms with Crippen LogP contribution in [0.4, 0.5) is 0 Å². The maximum absolute atomic E-state index is 11.7. The summed E-state index contributed by atoms with van der Waals surface area (Å²) in [5.41, 5.74) is 5.74. The minimum absolute atomic E-state index is 0.0463. The first-order chi connectivity index (χ1) is 7.93. The number of hydrogen-bond donors (Lipinski definition) is 3. The first-order valence-electron chi connectivity index (χ1n) is 5.71. The molecule has 0 saturated carbocycles. The molecule has 0 aromatic carbocycles. The normalized spacial score (nSPS) is 16.0. The highest BCUT2D eigenvalue weighted by Crippen LogP contribution is 2.07. The van der Waals surface area contributed by atoms with Crippen LogP contribution in [0.1, 0.15) is 26.7 Å². The van der Waals surface area contributed by atoms with Crippen molar-refractivity contribution >= 4 is 23.6 Å². The van der Waals surface area contributed by atoms with Crippen molar-refractivity contribution in [3.63, 3.8) is 0 Å². The SMILES string of the molecule is CCC(C)[C@H](N)C(=O)N[C@@H](CCSC)C(=O)O. The van der Waals surface area contributed by atoms with Crippen LogP contribution in [-0.2, 0) is 9.59 Å². The van der Waals surface area contributed by atoms with Crippen molar-refractivity contribution in [3.05, 3.63) is 0 Å². The number of aliphatic carboxylic acids is 1. The largest absolute Gasteiger partial charge is 0.480 e. The van der Waals surface area contributed by atoms with E-state index in [1.807, 2.05) is 20.1 Å². The van der Waals surface area contributed by atoms with Crippen LogP contribution in [0.25, 0.3) is 0 Å². The van der Waals surface area contributed by atoms with Crippen molar-refractivity contribution in [2.45, 2.75) is 38.8 Å². The van der Waals surface area contributed by atoms with E-state index >= 15 is 0 Å². The number of thioether (sulfide) groups is 1. The van der Waals surface area contributed by atoms with Crippen LogP contribution in [0.15, 0.2) is 0 Å². The lowest BCUT2D eigenvalue weighted by atomic mass is 9.99. The fourth-order valence-electron chi connectivity index (χ4n) is 1.27. The van der Waals surface area contributed by atoms with Crippen molar-refractivity contribution in [1.29, 1.82) is 0 Å². The molecule has 6 heteroatoms. The van der Waals surface area contributed by atoms with Gasteiger partial charge < -0.3 is 16.2 Å². The van der Waals surface area contributed by atoms with Crippen LogP contribution in [-0.4, -0.2) is 41.1 Å². The van der Waals surface area contributed by atoms with E-state index in [9.17, 15) is 9.59 Å². The third-order valence-corrected chi connectivity index (χ3v) is 3.43. The summed E-state index contributed by atoms with van der Waals surface area (Å²) < 4.78 is 0. The van der Waals surface area contributed by atoms with Gasteiger partial charge in [0, 0.05) is 0 Å². The molecule has 1 unspecified atom stereocenters. The molecular weight excluding hydrogens is 240 g/mol. The summed E-state index contributed by atoms with van der Waals surface area (Å²) in [5, 5.41) is 11.5. The second-order valence-corrected chi connectivity index (χ2v) is 5.08. The Kier molecular flexibility index (Phi) is 7.99. The second-order valence-electron chi connectivity index (χ2n) is 4.09. The van der Waals surface area contributed by atoms with Gasteiger partial charge in [-0.1, -0.05) is 20.3 Å². The summed E-state index contributed by atoms with van der Waals surface area (Å²) >= 11 is 1.55. The molecule has 0 aliphatic heterocycles. The van der Waals surface area contributed by atoms with Crippen molar-refractivity contribution in [2.75, 3.05) is 12.0 Å². The molecule has 100 valence electrons. The molecule has 3 atom stereocenters. The fraction of sp³-hybridized carbons (Fsp3) is 0.818. The Morgan fingerprint density at radius 3 is 2.47 bits per heavy atom. The maximum atomic E-state index is 11.7. The summed E-state index contributed by atoms with van der Waals surface area (Å²) in [7, 11) is 0. The van der Waals surface area contributed by atoms with E-state index in [2.05, 4.69) is 5.32 Å². The minimum Gasteiger partial charge on any atom is -0.480 e. The van der Waals surface area contributed by atoms with Crippen LogP contribution >= 0.6 is 11.8 Å². The van der Waals surface area contributed by atoms with E-state index < -0.39 is 18.1 Å². The van der Waals surface area contributed by atoms with Crippen molar-refractivity contribution in [2.24, 2.45) is 11.7 Å². The molecule has 0 bridgehead atoms. The Balaban J connectivity index is 4.34. The lowest BCUT2D eigenvalue weighted by molar-refractivity contribution is -0.142. The molecule has 0 aromatic heterocycles. The Morgan fingerprint density at radius 2 is 2.06 bits per heavy atom. The Labute approximate surface area is 107 Å². The average molecular weight is 262 g/mol. The predicted molar refractivity (Wildman–Crippen MR) is 70.0 cm³/mol. The Hall–Kier alpha value is -0.750. The number of nitrogens with two attached hydrogens (primary N) is 1. The van der Waals surface area contributed by atoms with Gasteiger partial charge in [-0.2, -0.15) is 11.8 Å². The van der Waals surface area contributed by atoms with Crippen LogP contribution in [0.5, 0.6) is 0 Å². The quantitative estimate of drug-likeness (QED) is 0.598. The molecule has 0 heterocycles. The average Bonchev–Trinajstić information content (AvgIpc) is 2.31. The van der Waals surface area contributed by atoms with E-state index in [0.29, 0.717) is 12.2 Å². The number of hydrogen-bond acceptors (Lipinski definition) is 4. The monoisotopic (exact) mass is 262 g/mol. The van der Waals surface area contributed by atoms with E-state index in [0.717, 1.165) is 6.42 Å². The number of carbonyl (C=O) groups is 2. The van der Waals surface area contributed by atoms with Gasteiger partial charge >= 0.3 is 5.97 Å². The van der Waals surface area contributed by atoms with Crippen LogP contribution in [0, 0.1) is 5.92 Å². The van der Waals surface area contributed by atoms with E-state index in [-0.39, 0.29) is 11.8 Å². The zero-order chi connectivity index (χ0) is 13.4. The van der Waals surface area contributed by atoms with Crippen LogP contribution in [0.3, 0.4) is 0 Å². The van der Waals surface area contributed by atoms with Crippen molar-refractivity contribution < 1.29 is 14.7 Å². The Bertz CT molecular complexity index is 261. The standard InChI is InChI=1S/C11H22N2O3S/c1-4-7(2)9(12)10(14)13-8(11(15)16)5-6-17-3/h7-9H,4-6,12H2,1-3H3,(H,13,14)(H,15,16)/t7?,8-,9-/m0/s1. The lowest BCUT2D eigenvalue weighted by Crippen LogP contribution is -2.50. The third-order valence-electron chi connectivity index (χ3n) is 2.78. The van der Waals surface area contributed by atoms with Gasteiger partial charge in [-0.05, 0) is 24.3 Å². The highest BCUT2D eigenvalue weighted by atomic mass is 32.2. The molecule has 0 rings (SSSR count). The number of rotatable bonds is 8. The van der Waals surface area contributed by atoms with Gasteiger partial charge in [-0.25, -0.2) is 4.79 Å². The molecular formula is C11H22N2O3S. The molecule has 0 radical (unpaired) electrons. The summed E-state index contributed by atoms with van der Waals surface area (Å²) in [6.45, 7) is 3.82. The van der Waals surface area contributed by atoms with Gasteiger partial charge in [0.05, 0.1) is 6.04 Å². The molecule has 0 aliphatic carbocycles. The molecule has 1 amide bonds. The highest BCUT2D eigenvalue weighted by molar-refractivity contribution is 7.98. The highest BCUT2D eigenvalue weighted by Gasteiger charge is 2.25. The van der Waals surface area contributed by atoms with Gasteiger partial charge in [0.15, 0.2) is 0 Å². The first kappa shape index (κ1) is 16.2. The van der Waals surface area contributed by atoms with E-state index in [1.165, 1.54) is 0 Å². The fourth-order valence-corrected chi connectivity index (χ4v) is 1.74. The van der Waals surface area contributed by atoms with Gasteiger partial charge in [0.25, 0.3) is 0 Å². The van der Waals surface area contributed by atoms with E-state index in [1.54, 1.807) is 11.8 Å². The number of carboxylic acids is 1. The second kappa shape index (κ2) is 8.36. The topological polar surface area (TPSA) is 92.4 Å². The van der Waals surface area contributed by atoms with Gasteiger partial charge in [0.1, 0.15) is 6.04 Å². The summed E-state index contributed by atoms with van der Waals surface area (Å²) in [6.07, 6.45) is 3.10. The summed E-state index contributed by atoms with van der Waals surface area (Å²) in [6, 6.07) is -1.49. The Morgan fingerprint density at radius 1 is 1.47 bits per heavy atom. The number of nitrogens with one attached hydrogen (secondary N) is 1. The molecule has 0 fully saturated rings. The minimum atomic E-state index is -1.01. The van der Waals surface area contributed by atoms with E-state index in [4.69, 9.17) is 10.8 Å². The molecule has 0 spiro atoms. The number of carbonyl (C=O) groups excluding carboxylic acids is 1. The lowest BCUT2D eigenvalue weighted by Gasteiger charge is -2.21. The molecule has 17 heavy (non-hydrogen) atoms. The summed E-state index contributed by atoms with van der Waals surface area (Å²) in [4.78, 5) is 22.7. The molecule has 5 nitrogen and oxygen atoms in total. The van der Waals surface area contributed by atoms with Crippen LogP contribution in [0.2, 0.25) is 0 Å².